The maximum Gasteiger partial charge on any atom is 0.453 e. The standard InChI is InChI=1S/C5H4F3N5S/c6-5(7,8)3-11-12-4(13(3)10)14-2-1-9/h2,10H2. The van der Waals surface area contributed by atoms with Crippen LogP contribution in [-0.4, -0.2) is 20.6 Å². The number of nitrogens with two attached hydrogens (primary N) is 1. The van der Waals surface area contributed by atoms with E-state index in [-0.39, 0.29) is 10.9 Å². The second kappa shape index (κ2) is 3.75. The number of thioether (sulfide) groups is 1. The molecule has 0 bridgehead atoms. The van der Waals surface area contributed by atoms with E-state index in [2.05, 4.69) is 10.2 Å². The van der Waals surface area contributed by atoms with Crippen molar-refractivity contribution in [1.29, 1.82) is 5.26 Å². The minimum atomic E-state index is -4.63. The van der Waals surface area contributed by atoms with Gasteiger partial charge >= 0.3 is 6.18 Å². The number of nitrogens with zero attached hydrogens (tertiary/aromatic N) is 4. The third-order valence-electron chi connectivity index (χ3n) is 1.18. The van der Waals surface area contributed by atoms with Crippen molar-refractivity contribution < 1.29 is 13.2 Å². The number of alkyl halides is 3. The Bertz CT molecular complexity index is 364. The van der Waals surface area contributed by atoms with E-state index in [1.807, 2.05) is 0 Å². The van der Waals surface area contributed by atoms with Crippen LogP contribution in [0, 0.1) is 11.3 Å². The zero-order chi connectivity index (χ0) is 10.8. The van der Waals surface area contributed by atoms with Gasteiger partial charge in [-0.1, -0.05) is 11.8 Å². The summed E-state index contributed by atoms with van der Waals surface area (Å²) in [5.74, 6) is 3.76. The molecule has 0 unspecified atom stereocenters. The van der Waals surface area contributed by atoms with Gasteiger partial charge in [0.25, 0.3) is 5.82 Å². The van der Waals surface area contributed by atoms with Crippen LogP contribution in [0.25, 0.3) is 0 Å². The predicted octanol–water partition coefficient (Wildman–Crippen LogP) is 0.626. The quantitative estimate of drug-likeness (QED) is 0.587. The topological polar surface area (TPSA) is 80.5 Å². The van der Waals surface area contributed by atoms with Crippen LogP contribution in [0.2, 0.25) is 0 Å². The average molecular weight is 223 g/mol. The maximum atomic E-state index is 12.1. The molecule has 14 heavy (non-hydrogen) atoms. The van der Waals surface area contributed by atoms with Gasteiger partial charge in [0.05, 0.1) is 11.8 Å². The first-order chi connectivity index (χ1) is 6.46. The van der Waals surface area contributed by atoms with Crippen molar-refractivity contribution in [1.82, 2.24) is 14.9 Å². The summed E-state index contributed by atoms with van der Waals surface area (Å²) in [6.45, 7) is 0. The zero-order valence-corrected chi connectivity index (χ0v) is 7.43. The molecule has 1 heterocycles. The fraction of sp³-hybridized carbons (Fsp3) is 0.400. The Morgan fingerprint density at radius 1 is 1.50 bits per heavy atom. The summed E-state index contributed by atoms with van der Waals surface area (Å²) >= 11 is 0.787. The lowest BCUT2D eigenvalue weighted by Crippen LogP contribution is -2.21. The van der Waals surface area contributed by atoms with Gasteiger partial charge in [-0.2, -0.15) is 18.4 Å². The molecule has 0 aromatic carbocycles. The summed E-state index contributed by atoms with van der Waals surface area (Å²) in [6, 6.07) is 1.74. The van der Waals surface area contributed by atoms with E-state index in [0.717, 1.165) is 11.8 Å². The molecule has 2 N–H and O–H groups in total. The molecule has 5 nitrogen and oxygen atoms in total. The van der Waals surface area contributed by atoms with E-state index < -0.39 is 12.0 Å². The largest absolute Gasteiger partial charge is 0.453 e. The molecule has 0 aliphatic rings. The Morgan fingerprint density at radius 3 is 2.57 bits per heavy atom. The van der Waals surface area contributed by atoms with Crippen molar-refractivity contribution in [3.05, 3.63) is 5.82 Å². The number of hydrogen-bond donors (Lipinski definition) is 1. The molecule has 0 atom stereocenters. The number of nitriles is 1. The highest BCUT2D eigenvalue weighted by atomic mass is 32.2. The number of nitrogen functional groups attached to an aromatic ring is 1. The molecule has 0 amide bonds. The van der Waals surface area contributed by atoms with Crippen LogP contribution < -0.4 is 5.84 Å². The van der Waals surface area contributed by atoms with Gasteiger partial charge in [-0.05, 0) is 0 Å². The lowest BCUT2D eigenvalue weighted by molar-refractivity contribution is -0.146. The van der Waals surface area contributed by atoms with Crippen molar-refractivity contribution in [2.24, 2.45) is 0 Å². The van der Waals surface area contributed by atoms with Gasteiger partial charge in [-0.25, -0.2) is 4.68 Å². The van der Waals surface area contributed by atoms with Crippen LogP contribution in [0.5, 0.6) is 0 Å². The molecule has 1 aromatic rings. The fourth-order valence-corrected chi connectivity index (χ4v) is 1.18. The van der Waals surface area contributed by atoms with E-state index in [1.54, 1.807) is 6.07 Å². The summed E-state index contributed by atoms with van der Waals surface area (Å²) in [6.07, 6.45) is -4.63. The first kappa shape index (κ1) is 10.6. The Morgan fingerprint density at radius 2 is 2.14 bits per heavy atom. The first-order valence-corrected chi connectivity index (χ1v) is 4.23. The molecule has 1 rings (SSSR count). The fourth-order valence-electron chi connectivity index (χ4n) is 0.666. The summed E-state index contributed by atoms with van der Waals surface area (Å²) in [4.78, 5) is 0. The molecular formula is C5H4F3N5S. The van der Waals surface area contributed by atoms with Gasteiger partial charge in [0.15, 0.2) is 0 Å². The van der Waals surface area contributed by atoms with E-state index in [9.17, 15) is 13.2 Å². The molecule has 0 saturated heterocycles. The zero-order valence-electron chi connectivity index (χ0n) is 6.62. The third-order valence-corrected chi connectivity index (χ3v) is 1.99. The van der Waals surface area contributed by atoms with Gasteiger partial charge in [0.2, 0.25) is 5.16 Å². The minimum absolute atomic E-state index is 0.0345. The summed E-state index contributed by atoms with van der Waals surface area (Å²) in [5.41, 5.74) is 0. The number of rotatable bonds is 2. The molecule has 0 aliphatic heterocycles. The second-order valence-corrected chi connectivity index (χ2v) is 3.06. The van der Waals surface area contributed by atoms with Crippen LogP contribution in [0.3, 0.4) is 0 Å². The van der Waals surface area contributed by atoms with Gasteiger partial charge < -0.3 is 5.84 Å². The maximum absolute atomic E-state index is 12.1. The van der Waals surface area contributed by atoms with Crippen LogP contribution in [0.4, 0.5) is 13.2 Å². The molecule has 0 saturated carbocycles. The predicted molar refractivity (Wildman–Crippen MR) is 41.5 cm³/mol. The van der Waals surface area contributed by atoms with E-state index in [1.165, 1.54) is 0 Å². The van der Waals surface area contributed by atoms with Crippen molar-refractivity contribution >= 4 is 11.8 Å². The Kier molecular flexibility index (Phi) is 2.85. The molecule has 1 aromatic heterocycles. The van der Waals surface area contributed by atoms with Crippen LogP contribution >= 0.6 is 11.8 Å². The Balaban J connectivity index is 2.92. The highest BCUT2D eigenvalue weighted by Gasteiger charge is 2.38. The molecule has 76 valence electrons. The molecule has 0 radical (unpaired) electrons. The molecule has 0 spiro atoms. The third kappa shape index (κ3) is 2.08. The lowest BCUT2D eigenvalue weighted by atomic mass is 10.6. The SMILES string of the molecule is N#CCSc1nnc(C(F)(F)F)n1N. The number of hydrogen-bond acceptors (Lipinski definition) is 5. The number of halogens is 3. The molecular weight excluding hydrogens is 219 g/mol. The minimum Gasteiger partial charge on any atom is -0.335 e. The normalized spacial score (nSPS) is 11.3. The monoisotopic (exact) mass is 223 g/mol. The average Bonchev–Trinajstić information content (AvgIpc) is 2.42. The lowest BCUT2D eigenvalue weighted by Gasteiger charge is -2.04. The Labute approximate surface area is 80.7 Å². The van der Waals surface area contributed by atoms with Crippen molar-refractivity contribution in [3.63, 3.8) is 0 Å². The molecule has 0 fully saturated rings. The summed E-state index contributed by atoms with van der Waals surface area (Å²) in [5, 5.41) is 14.1. The van der Waals surface area contributed by atoms with Crippen LogP contribution in [0.15, 0.2) is 5.16 Å². The summed E-state index contributed by atoms with van der Waals surface area (Å²) < 4.78 is 36.6. The molecule has 0 aliphatic carbocycles. The van der Waals surface area contributed by atoms with Crippen LogP contribution in [0.1, 0.15) is 5.82 Å². The van der Waals surface area contributed by atoms with Gasteiger partial charge in [-0.3, -0.25) is 0 Å². The first-order valence-electron chi connectivity index (χ1n) is 3.24. The molecule has 9 heteroatoms. The number of aromatic nitrogens is 3. The summed E-state index contributed by atoms with van der Waals surface area (Å²) in [7, 11) is 0. The van der Waals surface area contributed by atoms with Gasteiger partial charge in [-0.15, -0.1) is 10.2 Å². The van der Waals surface area contributed by atoms with Crippen LogP contribution in [-0.2, 0) is 6.18 Å². The van der Waals surface area contributed by atoms with E-state index >= 15 is 0 Å². The second-order valence-electron chi connectivity index (χ2n) is 2.12. The van der Waals surface area contributed by atoms with Gasteiger partial charge in [0.1, 0.15) is 0 Å². The van der Waals surface area contributed by atoms with E-state index in [4.69, 9.17) is 11.1 Å². The smallest absolute Gasteiger partial charge is 0.335 e. The van der Waals surface area contributed by atoms with Crippen molar-refractivity contribution in [2.75, 3.05) is 11.6 Å². The van der Waals surface area contributed by atoms with E-state index in [0.29, 0.717) is 4.68 Å². The van der Waals surface area contributed by atoms with Crippen molar-refractivity contribution in [2.45, 2.75) is 11.3 Å². The highest BCUT2D eigenvalue weighted by Crippen LogP contribution is 2.28. The van der Waals surface area contributed by atoms with Gasteiger partial charge in [0, 0.05) is 0 Å². The Hall–Kier alpha value is -1.43. The van der Waals surface area contributed by atoms with Crippen molar-refractivity contribution in [3.8, 4) is 6.07 Å². The highest BCUT2D eigenvalue weighted by molar-refractivity contribution is 7.99.